The van der Waals surface area contributed by atoms with Gasteiger partial charge in [-0.2, -0.15) is 0 Å². The third-order valence-corrected chi connectivity index (χ3v) is 6.02. The lowest BCUT2D eigenvalue weighted by molar-refractivity contribution is 0.235. The fourth-order valence-electron chi connectivity index (χ4n) is 4.79. The van der Waals surface area contributed by atoms with E-state index in [0.717, 1.165) is 23.8 Å². The standard InChI is InChI=1S/C18H26N2/c1-12(2)13-7-8-16-15(11-13)14-5-4-6-17-18(14)20(16)10-9-19(17)3/h4-6,12-13,15-16H,7-11H2,1-3H3/t13?,15-,16-/m0/s1. The van der Waals surface area contributed by atoms with Gasteiger partial charge in [-0.25, -0.2) is 0 Å². The van der Waals surface area contributed by atoms with Crippen LogP contribution in [0, 0.1) is 11.8 Å². The summed E-state index contributed by atoms with van der Waals surface area (Å²) in [6, 6.07) is 7.77. The van der Waals surface area contributed by atoms with Crippen LogP contribution >= 0.6 is 0 Å². The van der Waals surface area contributed by atoms with Crippen LogP contribution in [0.3, 0.4) is 0 Å². The molecule has 2 nitrogen and oxygen atoms in total. The van der Waals surface area contributed by atoms with Crippen molar-refractivity contribution in [2.24, 2.45) is 11.8 Å². The summed E-state index contributed by atoms with van der Waals surface area (Å²) in [5, 5.41) is 0. The van der Waals surface area contributed by atoms with Crippen LogP contribution in [0.2, 0.25) is 0 Å². The normalized spacial score (nSPS) is 31.5. The molecular weight excluding hydrogens is 244 g/mol. The zero-order valence-corrected chi connectivity index (χ0v) is 13.0. The molecule has 0 bridgehead atoms. The molecule has 20 heavy (non-hydrogen) atoms. The second kappa shape index (κ2) is 4.41. The summed E-state index contributed by atoms with van der Waals surface area (Å²) in [6.45, 7) is 7.20. The highest BCUT2D eigenvalue weighted by atomic mass is 15.3. The van der Waals surface area contributed by atoms with Gasteiger partial charge in [0.1, 0.15) is 0 Å². The smallest absolute Gasteiger partial charge is 0.0643 e. The quantitative estimate of drug-likeness (QED) is 0.764. The maximum atomic E-state index is 2.74. The third kappa shape index (κ3) is 1.63. The van der Waals surface area contributed by atoms with Gasteiger partial charge in [-0.1, -0.05) is 26.0 Å². The van der Waals surface area contributed by atoms with E-state index in [1.165, 1.54) is 38.0 Å². The topological polar surface area (TPSA) is 6.48 Å². The molecule has 3 atom stereocenters. The number of likely N-dealkylation sites (N-methyl/N-ethyl adjacent to an activating group) is 1. The first kappa shape index (κ1) is 12.6. The van der Waals surface area contributed by atoms with Crippen LogP contribution in [0.25, 0.3) is 0 Å². The Labute approximate surface area is 122 Å². The lowest BCUT2D eigenvalue weighted by Crippen LogP contribution is -2.45. The summed E-state index contributed by atoms with van der Waals surface area (Å²) in [4.78, 5) is 5.18. The molecule has 2 aliphatic heterocycles. The number of para-hydroxylation sites is 1. The summed E-state index contributed by atoms with van der Waals surface area (Å²) in [5.74, 6) is 2.55. The Morgan fingerprint density at radius 3 is 2.80 bits per heavy atom. The molecule has 1 aromatic carbocycles. The third-order valence-electron chi connectivity index (χ3n) is 6.02. The molecule has 2 heteroatoms. The van der Waals surface area contributed by atoms with Gasteiger partial charge in [-0.15, -0.1) is 0 Å². The minimum absolute atomic E-state index is 0.787. The Hall–Kier alpha value is -1.18. The molecule has 2 heterocycles. The molecule has 0 spiro atoms. The predicted molar refractivity (Wildman–Crippen MR) is 85.8 cm³/mol. The predicted octanol–water partition coefficient (Wildman–Crippen LogP) is 3.86. The largest absolute Gasteiger partial charge is 0.371 e. The van der Waals surface area contributed by atoms with Gasteiger partial charge < -0.3 is 9.80 Å². The molecule has 0 amide bonds. The second-order valence-corrected chi connectivity index (χ2v) is 7.32. The van der Waals surface area contributed by atoms with Crippen molar-refractivity contribution in [2.45, 2.75) is 45.1 Å². The van der Waals surface area contributed by atoms with Crippen molar-refractivity contribution in [3.8, 4) is 0 Å². The van der Waals surface area contributed by atoms with Gasteiger partial charge in [0.15, 0.2) is 0 Å². The maximum Gasteiger partial charge on any atom is 0.0643 e. The molecule has 4 rings (SSSR count). The van der Waals surface area contributed by atoms with Crippen LogP contribution in [0.5, 0.6) is 0 Å². The van der Waals surface area contributed by atoms with Crippen molar-refractivity contribution in [2.75, 3.05) is 29.9 Å². The summed E-state index contributed by atoms with van der Waals surface area (Å²) in [6.07, 6.45) is 4.22. The minimum atomic E-state index is 0.787. The fourth-order valence-corrected chi connectivity index (χ4v) is 4.79. The number of hydrogen-bond donors (Lipinski definition) is 0. The van der Waals surface area contributed by atoms with Crippen LogP contribution in [0.15, 0.2) is 18.2 Å². The van der Waals surface area contributed by atoms with Crippen molar-refractivity contribution < 1.29 is 0 Å². The number of anilines is 2. The summed E-state index contributed by atoms with van der Waals surface area (Å²) < 4.78 is 0. The Balaban J connectivity index is 1.76. The van der Waals surface area contributed by atoms with Crippen molar-refractivity contribution in [1.29, 1.82) is 0 Å². The highest BCUT2D eigenvalue weighted by Gasteiger charge is 2.45. The van der Waals surface area contributed by atoms with Crippen molar-refractivity contribution in [3.63, 3.8) is 0 Å². The second-order valence-electron chi connectivity index (χ2n) is 7.32. The average molecular weight is 270 g/mol. The molecule has 0 saturated heterocycles. The maximum absolute atomic E-state index is 2.74. The van der Waals surface area contributed by atoms with Crippen LogP contribution in [0.1, 0.15) is 44.6 Å². The molecular formula is C18H26N2. The average Bonchev–Trinajstić information content (AvgIpc) is 2.78. The monoisotopic (exact) mass is 270 g/mol. The van der Waals surface area contributed by atoms with E-state index >= 15 is 0 Å². The molecule has 1 unspecified atom stereocenters. The summed E-state index contributed by atoms with van der Waals surface area (Å²) >= 11 is 0. The lowest BCUT2D eigenvalue weighted by atomic mass is 9.72. The molecule has 1 saturated carbocycles. The van der Waals surface area contributed by atoms with Gasteiger partial charge >= 0.3 is 0 Å². The van der Waals surface area contributed by atoms with Crippen molar-refractivity contribution in [1.82, 2.24) is 0 Å². The molecule has 1 aliphatic carbocycles. The van der Waals surface area contributed by atoms with E-state index in [1.807, 2.05) is 0 Å². The highest BCUT2D eigenvalue weighted by Crippen LogP contribution is 2.54. The number of benzene rings is 1. The molecule has 0 aromatic heterocycles. The van der Waals surface area contributed by atoms with Crippen LogP contribution in [-0.4, -0.2) is 26.2 Å². The Morgan fingerprint density at radius 2 is 2.00 bits per heavy atom. The lowest BCUT2D eigenvalue weighted by Gasteiger charge is -2.41. The molecule has 0 N–H and O–H groups in total. The van der Waals surface area contributed by atoms with E-state index in [1.54, 1.807) is 11.3 Å². The zero-order valence-electron chi connectivity index (χ0n) is 13.0. The van der Waals surface area contributed by atoms with E-state index in [0.29, 0.717) is 0 Å². The number of rotatable bonds is 1. The SMILES string of the molecule is CC(C)C1CC[C@H]2[C@@H](C1)c1cccc3c1N2CCN3C. The van der Waals surface area contributed by atoms with Crippen molar-refractivity contribution >= 4 is 11.4 Å². The van der Waals surface area contributed by atoms with Gasteiger partial charge in [0, 0.05) is 32.1 Å². The van der Waals surface area contributed by atoms with Gasteiger partial charge in [0.2, 0.25) is 0 Å². The molecule has 0 radical (unpaired) electrons. The highest BCUT2D eigenvalue weighted by molar-refractivity contribution is 5.80. The van der Waals surface area contributed by atoms with E-state index in [9.17, 15) is 0 Å². The zero-order chi connectivity index (χ0) is 13.9. The van der Waals surface area contributed by atoms with E-state index in [2.05, 4.69) is 48.9 Å². The Morgan fingerprint density at radius 1 is 1.15 bits per heavy atom. The van der Waals surface area contributed by atoms with E-state index in [4.69, 9.17) is 0 Å². The summed E-state index contributed by atoms with van der Waals surface area (Å²) in [7, 11) is 2.24. The van der Waals surface area contributed by atoms with Crippen molar-refractivity contribution in [3.05, 3.63) is 23.8 Å². The first-order valence-electron chi connectivity index (χ1n) is 8.27. The minimum Gasteiger partial charge on any atom is -0.371 e. The van der Waals surface area contributed by atoms with Crippen LogP contribution in [-0.2, 0) is 0 Å². The van der Waals surface area contributed by atoms with Gasteiger partial charge in [-0.05, 0) is 42.7 Å². The number of hydrogen-bond acceptors (Lipinski definition) is 2. The van der Waals surface area contributed by atoms with Gasteiger partial charge in [0.05, 0.1) is 11.4 Å². The van der Waals surface area contributed by atoms with Gasteiger partial charge in [-0.3, -0.25) is 0 Å². The van der Waals surface area contributed by atoms with Crippen LogP contribution in [0.4, 0.5) is 11.4 Å². The first-order chi connectivity index (χ1) is 9.66. The van der Waals surface area contributed by atoms with Crippen LogP contribution < -0.4 is 9.80 Å². The molecule has 3 aliphatic rings. The number of nitrogens with zero attached hydrogens (tertiary/aromatic N) is 2. The Kier molecular flexibility index (Phi) is 2.77. The van der Waals surface area contributed by atoms with Gasteiger partial charge in [0.25, 0.3) is 0 Å². The van der Waals surface area contributed by atoms with E-state index in [-0.39, 0.29) is 0 Å². The summed E-state index contributed by atoms with van der Waals surface area (Å²) in [5.41, 5.74) is 4.68. The fraction of sp³-hybridized carbons (Fsp3) is 0.667. The van der Waals surface area contributed by atoms with E-state index < -0.39 is 0 Å². The molecule has 1 fully saturated rings. The Bertz CT molecular complexity index is 522. The molecule has 1 aromatic rings. The molecule has 108 valence electrons. The first-order valence-corrected chi connectivity index (χ1v) is 8.27. The number of fused-ring (bicyclic) bond motifs is 3.